The van der Waals surface area contributed by atoms with E-state index in [1.165, 1.54) is 0 Å². The number of aromatic nitrogens is 2. The molecule has 0 radical (unpaired) electrons. The van der Waals surface area contributed by atoms with Crippen molar-refractivity contribution in [2.45, 2.75) is 39.3 Å². The Morgan fingerprint density at radius 3 is 2.79 bits per heavy atom. The van der Waals surface area contributed by atoms with Crippen molar-refractivity contribution in [3.05, 3.63) is 21.7 Å². The van der Waals surface area contributed by atoms with Gasteiger partial charge in [0.25, 0.3) is 0 Å². The van der Waals surface area contributed by atoms with E-state index in [1.54, 1.807) is 4.90 Å². The van der Waals surface area contributed by atoms with Crippen LogP contribution in [-0.2, 0) is 17.7 Å². The Morgan fingerprint density at radius 1 is 1.47 bits per heavy atom. The summed E-state index contributed by atoms with van der Waals surface area (Å²) in [6.07, 6.45) is 0.153. The van der Waals surface area contributed by atoms with E-state index >= 15 is 0 Å². The fourth-order valence-corrected chi connectivity index (χ4v) is 1.95. The van der Waals surface area contributed by atoms with E-state index in [0.717, 1.165) is 5.69 Å². The molecule has 2 rings (SSSR count). The van der Waals surface area contributed by atoms with E-state index in [2.05, 4.69) is 9.97 Å². The molecule has 1 aliphatic rings. The smallest absolute Gasteiger partial charge is 0.410 e. The number of carbonyl (C=O) groups excluding carboxylic acids is 1. The molecule has 0 aliphatic carbocycles. The fraction of sp³-hybridized carbons (Fsp3) is 0.583. The van der Waals surface area contributed by atoms with Gasteiger partial charge < -0.3 is 20.4 Å². The number of nitrogens with two attached hydrogens (primary N) is 1. The molecular weight excluding hydrogens is 248 g/mol. The lowest BCUT2D eigenvalue weighted by atomic mass is 10.1. The predicted octanol–water partition coefficient (Wildman–Crippen LogP) is 0.645. The average molecular weight is 266 g/mol. The first kappa shape index (κ1) is 13.4. The second kappa shape index (κ2) is 4.56. The van der Waals surface area contributed by atoms with Gasteiger partial charge in [-0.15, -0.1) is 0 Å². The maximum atomic E-state index is 12.0. The molecule has 0 saturated carbocycles. The van der Waals surface area contributed by atoms with Crippen LogP contribution in [0.3, 0.4) is 0 Å². The molecule has 0 aromatic carbocycles. The monoisotopic (exact) mass is 266 g/mol. The Morgan fingerprint density at radius 2 is 2.16 bits per heavy atom. The molecule has 0 fully saturated rings. The van der Waals surface area contributed by atoms with Crippen LogP contribution in [0.25, 0.3) is 0 Å². The highest BCUT2D eigenvalue weighted by atomic mass is 16.6. The SMILES string of the molecule is CC(C)(C)OC(=O)N1CCc2[nH]c(=O)nc(N)c2C1. The zero-order chi connectivity index (χ0) is 14.2. The molecule has 0 unspecified atom stereocenters. The number of nitrogen functional groups attached to an aromatic ring is 1. The van der Waals surface area contributed by atoms with Crippen molar-refractivity contribution in [1.82, 2.24) is 14.9 Å². The third-order valence-corrected chi connectivity index (χ3v) is 2.79. The molecule has 2 heterocycles. The van der Waals surface area contributed by atoms with Gasteiger partial charge in [-0.2, -0.15) is 4.98 Å². The van der Waals surface area contributed by atoms with Crippen LogP contribution in [0, 0.1) is 0 Å². The molecule has 0 atom stereocenters. The van der Waals surface area contributed by atoms with Crippen LogP contribution < -0.4 is 11.4 Å². The maximum Gasteiger partial charge on any atom is 0.410 e. The number of hydrogen-bond donors (Lipinski definition) is 2. The summed E-state index contributed by atoms with van der Waals surface area (Å²) in [6.45, 7) is 6.24. The number of nitrogens with zero attached hydrogens (tertiary/aromatic N) is 2. The van der Waals surface area contributed by atoms with E-state index in [9.17, 15) is 9.59 Å². The molecule has 1 aromatic heterocycles. The van der Waals surface area contributed by atoms with Crippen molar-refractivity contribution in [3.8, 4) is 0 Å². The number of anilines is 1. The summed E-state index contributed by atoms with van der Waals surface area (Å²) in [5.41, 5.74) is 6.17. The number of nitrogens with one attached hydrogen (secondary N) is 1. The summed E-state index contributed by atoms with van der Waals surface area (Å²) in [7, 11) is 0. The van der Waals surface area contributed by atoms with E-state index < -0.39 is 11.3 Å². The van der Waals surface area contributed by atoms with Gasteiger partial charge in [0.1, 0.15) is 11.4 Å². The zero-order valence-corrected chi connectivity index (χ0v) is 11.3. The predicted molar refractivity (Wildman–Crippen MR) is 69.6 cm³/mol. The van der Waals surface area contributed by atoms with Gasteiger partial charge in [0.2, 0.25) is 0 Å². The molecule has 3 N–H and O–H groups in total. The lowest BCUT2D eigenvalue weighted by Crippen LogP contribution is -2.41. The molecule has 1 amide bonds. The lowest BCUT2D eigenvalue weighted by molar-refractivity contribution is 0.0223. The number of ether oxygens (including phenoxy) is 1. The van der Waals surface area contributed by atoms with Gasteiger partial charge in [-0.25, -0.2) is 9.59 Å². The van der Waals surface area contributed by atoms with Crippen LogP contribution in [-0.4, -0.2) is 33.1 Å². The van der Waals surface area contributed by atoms with E-state index in [-0.39, 0.29) is 11.9 Å². The van der Waals surface area contributed by atoms with Gasteiger partial charge in [0.15, 0.2) is 0 Å². The molecule has 0 saturated heterocycles. The van der Waals surface area contributed by atoms with Gasteiger partial charge >= 0.3 is 11.8 Å². The van der Waals surface area contributed by atoms with Crippen molar-refractivity contribution in [1.29, 1.82) is 0 Å². The van der Waals surface area contributed by atoms with Crippen molar-refractivity contribution in [3.63, 3.8) is 0 Å². The van der Waals surface area contributed by atoms with E-state index in [1.807, 2.05) is 20.8 Å². The van der Waals surface area contributed by atoms with Gasteiger partial charge in [-0.1, -0.05) is 0 Å². The highest BCUT2D eigenvalue weighted by Gasteiger charge is 2.27. The number of H-pyrrole nitrogens is 1. The van der Waals surface area contributed by atoms with Gasteiger partial charge in [-0.3, -0.25) is 0 Å². The first-order chi connectivity index (χ1) is 8.76. The Labute approximate surface area is 110 Å². The van der Waals surface area contributed by atoms with Gasteiger partial charge in [0.05, 0.1) is 6.54 Å². The Hall–Kier alpha value is -2.05. The minimum atomic E-state index is -0.536. The highest BCUT2D eigenvalue weighted by molar-refractivity contribution is 5.69. The van der Waals surface area contributed by atoms with Crippen LogP contribution >= 0.6 is 0 Å². The van der Waals surface area contributed by atoms with E-state index in [4.69, 9.17) is 10.5 Å². The molecule has 1 aliphatic heterocycles. The van der Waals surface area contributed by atoms with Crippen LogP contribution in [0.2, 0.25) is 0 Å². The average Bonchev–Trinajstić information content (AvgIpc) is 2.25. The summed E-state index contributed by atoms with van der Waals surface area (Å²) in [4.78, 5) is 31.0. The molecule has 19 heavy (non-hydrogen) atoms. The second-order valence-electron chi connectivity index (χ2n) is 5.54. The third kappa shape index (κ3) is 3.04. The third-order valence-electron chi connectivity index (χ3n) is 2.79. The summed E-state index contributed by atoms with van der Waals surface area (Å²) < 4.78 is 5.31. The van der Waals surface area contributed by atoms with Crippen molar-refractivity contribution < 1.29 is 9.53 Å². The normalized spacial score (nSPS) is 15.0. The number of carbonyl (C=O) groups is 1. The Balaban J connectivity index is 2.18. The molecule has 7 nitrogen and oxygen atoms in total. The first-order valence-corrected chi connectivity index (χ1v) is 6.12. The Kier molecular flexibility index (Phi) is 3.21. The van der Waals surface area contributed by atoms with E-state index in [0.29, 0.717) is 25.1 Å². The van der Waals surface area contributed by atoms with Crippen LogP contribution in [0.15, 0.2) is 4.79 Å². The number of rotatable bonds is 0. The first-order valence-electron chi connectivity index (χ1n) is 6.12. The number of hydrogen-bond acceptors (Lipinski definition) is 5. The minimum absolute atomic E-state index is 0.173. The standard InChI is InChI=1S/C12H18N4O3/c1-12(2,3)19-11(18)16-5-4-8-7(6-16)9(13)15-10(17)14-8/h4-6H2,1-3H3,(H3,13,14,15,17). The molecule has 104 valence electrons. The molecule has 0 bridgehead atoms. The Bertz CT molecular complexity index is 559. The lowest BCUT2D eigenvalue weighted by Gasteiger charge is -2.31. The maximum absolute atomic E-state index is 12.0. The van der Waals surface area contributed by atoms with Crippen LogP contribution in [0.4, 0.5) is 10.6 Å². The fourth-order valence-electron chi connectivity index (χ4n) is 1.95. The van der Waals surface area contributed by atoms with Crippen LogP contribution in [0.5, 0.6) is 0 Å². The summed E-state index contributed by atoms with van der Waals surface area (Å²) in [6, 6.07) is 0. The number of aromatic amines is 1. The van der Waals surface area contributed by atoms with Gasteiger partial charge in [-0.05, 0) is 20.8 Å². The second-order valence-corrected chi connectivity index (χ2v) is 5.54. The van der Waals surface area contributed by atoms with Crippen LogP contribution in [0.1, 0.15) is 32.0 Å². The number of amides is 1. The summed E-state index contributed by atoms with van der Waals surface area (Å²) in [5, 5.41) is 0. The topological polar surface area (TPSA) is 101 Å². The molecule has 7 heteroatoms. The largest absolute Gasteiger partial charge is 0.444 e. The molecule has 1 aromatic rings. The van der Waals surface area contributed by atoms with Crippen molar-refractivity contribution in [2.24, 2.45) is 0 Å². The quantitative estimate of drug-likeness (QED) is 0.717. The highest BCUT2D eigenvalue weighted by Crippen LogP contribution is 2.21. The van der Waals surface area contributed by atoms with Crippen molar-refractivity contribution >= 4 is 11.9 Å². The number of fused-ring (bicyclic) bond motifs is 1. The zero-order valence-electron chi connectivity index (χ0n) is 11.3. The van der Waals surface area contributed by atoms with Crippen molar-refractivity contribution in [2.75, 3.05) is 12.3 Å². The minimum Gasteiger partial charge on any atom is -0.444 e. The molecular formula is C12H18N4O3. The molecule has 0 spiro atoms. The summed E-state index contributed by atoms with van der Waals surface area (Å²) >= 11 is 0. The van der Waals surface area contributed by atoms with Gasteiger partial charge in [0, 0.05) is 24.2 Å². The summed E-state index contributed by atoms with van der Waals surface area (Å²) in [5.74, 6) is 0.173.